The van der Waals surface area contributed by atoms with Crippen molar-refractivity contribution in [2.24, 2.45) is 5.41 Å². The zero-order valence-electron chi connectivity index (χ0n) is 11.0. The standard InChI is InChI=1S/C14H21N3O/c1-14(6-2-7-14)13(18)16-10-4-12(5-11-16)17-9-3-8-15-17/h3,8-9,12H,2,4-7,10-11H2,1H3. The lowest BCUT2D eigenvalue weighted by Gasteiger charge is -2.43. The van der Waals surface area contributed by atoms with Gasteiger partial charge in [-0.15, -0.1) is 0 Å². The quantitative estimate of drug-likeness (QED) is 0.804. The fourth-order valence-electron chi connectivity index (χ4n) is 3.13. The molecule has 1 amide bonds. The minimum Gasteiger partial charge on any atom is -0.342 e. The van der Waals surface area contributed by atoms with Gasteiger partial charge < -0.3 is 4.90 Å². The topological polar surface area (TPSA) is 38.1 Å². The first kappa shape index (κ1) is 11.8. The first-order chi connectivity index (χ1) is 8.69. The Balaban J connectivity index is 1.58. The summed E-state index contributed by atoms with van der Waals surface area (Å²) in [4.78, 5) is 14.5. The van der Waals surface area contributed by atoms with E-state index in [1.807, 2.05) is 23.1 Å². The molecule has 2 heterocycles. The maximum absolute atomic E-state index is 12.4. The van der Waals surface area contributed by atoms with E-state index in [-0.39, 0.29) is 5.41 Å². The fraction of sp³-hybridized carbons (Fsp3) is 0.714. The van der Waals surface area contributed by atoms with Crippen molar-refractivity contribution < 1.29 is 4.79 Å². The van der Waals surface area contributed by atoms with E-state index in [0.717, 1.165) is 38.8 Å². The zero-order valence-corrected chi connectivity index (χ0v) is 11.0. The Morgan fingerprint density at radius 3 is 2.56 bits per heavy atom. The molecule has 3 rings (SSSR count). The number of nitrogens with zero attached hydrogens (tertiary/aromatic N) is 3. The summed E-state index contributed by atoms with van der Waals surface area (Å²) in [5.74, 6) is 0.382. The lowest BCUT2D eigenvalue weighted by atomic mass is 9.69. The maximum Gasteiger partial charge on any atom is 0.228 e. The molecule has 4 heteroatoms. The van der Waals surface area contributed by atoms with Crippen molar-refractivity contribution in [1.29, 1.82) is 0 Å². The number of likely N-dealkylation sites (tertiary alicyclic amines) is 1. The molecule has 0 N–H and O–H groups in total. The average Bonchev–Trinajstić information content (AvgIpc) is 2.89. The molecule has 1 saturated heterocycles. The molecule has 1 aliphatic carbocycles. The number of aromatic nitrogens is 2. The van der Waals surface area contributed by atoms with Crippen molar-refractivity contribution in [3.05, 3.63) is 18.5 Å². The summed E-state index contributed by atoms with van der Waals surface area (Å²) in [7, 11) is 0. The average molecular weight is 247 g/mol. The van der Waals surface area contributed by atoms with Crippen LogP contribution in [0.2, 0.25) is 0 Å². The Labute approximate surface area is 108 Å². The predicted octanol–water partition coefficient (Wildman–Crippen LogP) is 2.24. The largest absolute Gasteiger partial charge is 0.342 e. The molecule has 0 bridgehead atoms. The van der Waals surface area contributed by atoms with Crippen LogP contribution in [0.4, 0.5) is 0 Å². The highest BCUT2D eigenvalue weighted by Crippen LogP contribution is 2.42. The van der Waals surface area contributed by atoms with Crippen LogP contribution in [0.15, 0.2) is 18.5 Å². The summed E-state index contributed by atoms with van der Waals surface area (Å²) < 4.78 is 2.03. The number of hydrogen-bond acceptors (Lipinski definition) is 2. The van der Waals surface area contributed by atoms with Crippen molar-refractivity contribution >= 4 is 5.91 Å². The van der Waals surface area contributed by atoms with Crippen LogP contribution in [0, 0.1) is 5.41 Å². The summed E-state index contributed by atoms with van der Waals surface area (Å²) >= 11 is 0. The van der Waals surface area contributed by atoms with E-state index < -0.39 is 0 Å². The van der Waals surface area contributed by atoms with Crippen LogP contribution in [0.5, 0.6) is 0 Å². The van der Waals surface area contributed by atoms with Crippen molar-refractivity contribution in [1.82, 2.24) is 14.7 Å². The van der Waals surface area contributed by atoms with Gasteiger partial charge in [0.15, 0.2) is 0 Å². The smallest absolute Gasteiger partial charge is 0.228 e. The minimum atomic E-state index is -0.0431. The molecule has 18 heavy (non-hydrogen) atoms. The van der Waals surface area contributed by atoms with E-state index in [0.29, 0.717) is 11.9 Å². The van der Waals surface area contributed by atoms with Crippen molar-refractivity contribution in [2.45, 2.75) is 45.1 Å². The third kappa shape index (κ3) is 1.93. The molecule has 0 unspecified atom stereocenters. The van der Waals surface area contributed by atoms with Gasteiger partial charge >= 0.3 is 0 Å². The Bertz CT molecular complexity index is 414. The van der Waals surface area contributed by atoms with Crippen LogP contribution in [-0.4, -0.2) is 33.7 Å². The summed E-state index contributed by atoms with van der Waals surface area (Å²) in [5.41, 5.74) is -0.0431. The normalized spacial score (nSPS) is 23.7. The number of carbonyl (C=O) groups is 1. The third-order valence-electron chi connectivity index (χ3n) is 4.62. The Hall–Kier alpha value is -1.32. The highest BCUT2D eigenvalue weighted by Gasteiger charge is 2.42. The number of piperidine rings is 1. The monoisotopic (exact) mass is 247 g/mol. The molecule has 0 atom stereocenters. The zero-order chi connectivity index (χ0) is 12.6. The van der Waals surface area contributed by atoms with E-state index in [1.54, 1.807) is 0 Å². The maximum atomic E-state index is 12.4. The van der Waals surface area contributed by atoms with Gasteiger partial charge in [-0.1, -0.05) is 13.3 Å². The summed E-state index contributed by atoms with van der Waals surface area (Å²) in [6.45, 7) is 3.90. The molecule has 1 aromatic rings. The van der Waals surface area contributed by atoms with Crippen molar-refractivity contribution in [2.75, 3.05) is 13.1 Å². The van der Waals surface area contributed by atoms with Gasteiger partial charge in [0.25, 0.3) is 0 Å². The molecular weight excluding hydrogens is 226 g/mol. The highest BCUT2D eigenvalue weighted by atomic mass is 16.2. The third-order valence-corrected chi connectivity index (χ3v) is 4.62. The van der Waals surface area contributed by atoms with E-state index in [4.69, 9.17) is 0 Å². The van der Waals surface area contributed by atoms with Gasteiger partial charge in [0.05, 0.1) is 6.04 Å². The second kappa shape index (κ2) is 4.41. The first-order valence-electron chi connectivity index (χ1n) is 6.98. The molecule has 98 valence electrons. The van der Waals surface area contributed by atoms with Crippen molar-refractivity contribution in [3.8, 4) is 0 Å². The van der Waals surface area contributed by atoms with Crippen LogP contribution in [0.25, 0.3) is 0 Å². The number of rotatable bonds is 2. The number of carbonyl (C=O) groups excluding carboxylic acids is 1. The molecule has 0 spiro atoms. The molecular formula is C14H21N3O. The van der Waals surface area contributed by atoms with Gasteiger partial charge in [-0.3, -0.25) is 9.48 Å². The SMILES string of the molecule is CC1(C(=O)N2CCC(n3cccn3)CC2)CCC1. The van der Waals surface area contributed by atoms with Crippen LogP contribution in [-0.2, 0) is 4.79 Å². The lowest BCUT2D eigenvalue weighted by Crippen LogP contribution is -2.49. The van der Waals surface area contributed by atoms with Crippen LogP contribution in [0.3, 0.4) is 0 Å². The molecule has 1 aliphatic heterocycles. The molecule has 0 aromatic carbocycles. The van der Waals surface area contributed by atoms with E-state index in [2.05, 4.69) is 16.9 Å². The summed E-state index contributed by atoms with van der Waals surface area (Å²) in [6.07, 6.45) is 9.27. The van der Waals surface area contributed by atoms with Gasteiger partial charge in [-0.2, -0.15) is 5.10 Å². The number of amides is 1. The minimum absolute atomic E-state index is 0.0431. The van der Waals surface area contributed by atoms with Crippen LogP contribution >= 0.6 is 0 Å². The van der Waals surface area contributed by atoms with Crippen LogP contribution in [0.1, 0.15) is 45.1 Å². The van der Waals surface area contributed by atoms with Gasteiger partial charge in [0, 0.05) is 30.9 Å². The van der Waals surface area contributed by atoms with Gasteiger partial charge in [-0.05, 0) is 31.7 Å². The Morgan fingerprint density at radius 1 is 1.33 bits per heavy atom. The second-order valence-electron chi connectivity index (χ2n) is 5.92. The lowest BCUT2D eigenvalue weighted by molar-refractivity contribution is -0.147. The summed E-state index contributed by atoms with van der Waals surface area (Å²) in [6, 6.07) is 2.44. The second-order valence-corrected chi connectivity index (χ2v) is 5.92. The van der Waals surface area contributed by atoms with Crippen LogP contribution < -0.4 is 0 Å². The predicted molar refractivity (Wildman–Crippen MR) is 69.0 cm³/mol. The van der Waals surface area contributed by atoms with E-state index in [1.165, 1.54) is 6.42 Å². The first-order valence-corrected chi connectivity index (χ1v) is 6.98. The molecule has 1 aromatic heterocycles. The van der Waals surface area contributed by atoms with E-state index in [9.17, 15) is 4.79 Å². The molecule has 0 radical (unpaired) electrons. The van der Waals surface area contributed by atoms with Gasteiger partial charge in [0.2, 0.25) is 5.91 Å². The number of hydrogen-bond donors (Lipinski definition) is 0. The molecule has 2 fully saturated rings. The van der Waals surface area contributed by atoms with Crippen molar-refractivity contribution in [3.63, 3.8) is 0 Å². The van der Waals surface area contributed by atoms with Gasteiger partial charge in [0.1, 0.15) is 0 Å². The molecule has 1 saturated carbocycles. The molecule has 2 aliphatic rings. The fourth-order valence-corrected chi connectivity index (χ4v) is 3.13. The van der Waals surface area contributed by atoms with E-state index >= 15 is 0 Å². The summed E-state index contributed by atoms with van der Waals surface area (Å²) in [5, 5.41) is 4.30. The highest BCUT2D eigenvalue weighted by molar-refractivity contribution is 5.83. The van der Waals surface area contributed by atoms with Gasteiger partial charge in [-0.25, -0.2) is 0 Å². The Kier molecular flexibility index (Phi) is 2.88. The molecule has 4 nitrogen and oxygen atoms in total. The Morgan fingerprint density at radius 2 is 2.06 bits per heavy atom.